The molecule has 1 aliphatic rings. The van der Waals surface area contributed by atoms with Crippen LogP contribution in [0.25, 0.3) is 0 Å². The molecule has 1 rings (SSSR count). The zero-order valence-electron chi connectivity index (χ0n) is 8.47. The monoisotopic (exact) mass is 182 g/mol. The molecule has 0 aromatic carbocycles. The predicted molar refractivity (Wildman–Crippen MR) is 52.6 cm³/mol. The minimum atomic E-state index is -0.716. The first-order valence-electron chi connectivity index (χ1n) is 5.09. The Bertz CT molecular complexity index is 228. The standard InChI is InChI=1S/C11H18O2/c1-3-10(11(12)13)9-6-4-5-8(2)7-9/h8H,3-7H2,1-2H3,(H,12,13). The second-order valence-corrected chi connectivity index (χ2v) is 3.94. The van der Waals surface area contributed by atoms with Crippen LogP contribution in [0.2, 0.25) is 0 Å². The zero-order valence-corrected chi connectivity index (χ0v) is 8.47. The lowest BCUT2D eigenvalue weighted by Crippen LogP contribution is -2.11. The summed E-state index contributed by atoms with van der Waals surface area (Å²) in [5.41, 5.74) is 1.85. The van der Waals surface area contributed by atoms with Crippen molar-refractivity contribution in [2.75, 3.05) is 0 Å². The third-order valence-electron chi connectivity index (χ3n) is 2.81. The topological polar surface area (TPSA) is 37.3 Å². The van der Waals surface area contributed by atoms with Gasteiger partial charge in [0.2, 0.25) is 0 Å². The van der Waals surface area contributed by atoms with Crippen molar-refractivity contribution in [1.29, 1.82) is 0 Å². The van der Waals surface area contributed by atoms with E-state index in [1.807, 2.05) is 6.92 Å². The molecule has 0 spiro atoms. The van der Waals surface area contributed by atoms with Gasteiger partial charge in [0.05, 0.1) is 0 Å². The van der Waals surface area contributed by atoms with Gasteiger partial charge in [-0.15, -0.1) is 0 Å². The number of rotatable bonds is 2. The largest absolute Gasteiger partial charge is 0.478 e. The minimum Gasteiger partial charge on any atom is -0.478 e. The number of hydrogen-bond donors (Lipinski definition) is 1. The second-order valence-electron chi connectivity index (χ2n) is 3.94. The van der Waals surface area contributed by atoms with Crippen LogP contribution >= 0.6 is 0 Å². The third-order valence-corrected chi connectivity index (χ3v) is 2.81. The first kappa shape index (κ1) is 10.3. The van der Waals surface area contributed by atoms with Gasteiger partial charge >= 0.3 is 5.97 Å². The highest BCUT2D eigenvalue weighted by Gasteiger charge is 2.18. The van der Waals surface area contributed by atoms with Crippen LogP contribution in [0.4, 0.5) is 0 Å². The lowest BCUT2D eigenvalue weighted by Gasteiger charge is -2.22. The summed E-state index contributed by atoms with van der Waals surface area (Å²) in [5, 5.41) is 8.95. The molecule has 2 heteroatoms. The molecule has 0 aliphatic heterocycles. The van der Waals surface area contributed by atoms with Crippen LogP contribution < -0.4 is 0 Å². The molecular weight excluding hydrogens is 164 g/mol. The van der Waals surface area contributed by atoms with E-state index in [2.05, 4.69) is 6.92 Å². The summed E-state index contributed by atoms with van der Waals surface area (Å²) in [7, 11) is 0. The van der Waals surface area contributed by atoms with Crippen molar-refractivity contribution in [2.24, 2.45) is 5.92 Å². The van der Waals surface area contributed by atoms with Crippen LogP contribution in [0.5, 0.6) is 0 Å². The summed E-state index contributed by atoms with van der Waals surface area (Å²) in [6.07, 6.45) is 5.07. The average molecular weight is 182 g/mol. The summed E-state index contributed by atoms with van der Waals surface area (Å²) in [6, 6.07) is 0. The van der Waals surface area contributed by atoms with E-state index >= 15 is 0 Å². The second kappa shape index (κ2) is 4.45. The number of allylic oxidation sites excluding steroid dienone is 1. The van der Waals surface area contributed by atoms with Crippen molar-refractivity contribution < 1.29 is 9.90 Å². The Hall–Kier alpha value is -0.790. The highest BCUT2D eigenvalue weighted by atomic mass is 16.4. The van der Waals surface area contributed by atoms with Crippen LogP contribution in [0.3, 0.4) is 0 Å². The molecular formula is C11H18O2. The summed E-state index contributed by atoms with van der Waals surface area (Å²) in [6.45, 7) is 4.13. The van der Waals surface area contributed by atoms with E-state index in [9.17, 15) is 4.79 Å². The van der Waals surface area contributed by atoms with Crippen molar-refractivity contribution in [3.05, 3.63) is 11.1 Å². The average Bonchev–Trinajstić information content (AvgIpc) is 2.04. The van der Waals surface area contributed by atoms with Gasteiger partial charge in [0.15, 0.2) is 0 Å². The van der Waals surface area contributed by atoms with E-state index < -0.39 is 5.97 Å². The predicted octanol–water partition coefficient (Wildman–Crippen LogP) is 2.99. The Morgan fingerprint density at radius 1 is 1.62 bits per heavy atom. The number of carboxylic acid groups (broad SMARTS) is 1. The summed E-state index contributed by atoms with van der Waals surface area (Å²) >= 11 is 0. The number of carbonyl (C=O) groups is 1. The van der Waals surface area contributed by atoms with Crippen molar-refractivity contribution >= 4 is 5.97 Å². The van der Waals surface area contributed by atoms with Gasteiger partial charge < -0.3 is 5.11 Å². The first-order valence-corrected chi connectivity index (χ1v) is 5.09. The van der Waals surface area contributed by atoms with E-state index in [0.29, 0.717) is 17.9 Å². The van der Waals surface area contributed by atoms with Crippen molar-refractivity contribution in [1.82, 2.24) is 0 Å². The van der Waals surface area contributed by atoms with Crippen molar-refractivity contribution in [3.63, 3.8) is 0 Å². The molecule has 0 bridgehead atoms. The SMILES string of the molecule is CCC(C(=O)O)=C1CCCC(C)C1. The van der Waals surface area contributed by atoms with E-state index in [4.69, 9.17) is 5.11 Å². The van der Waals surface area contributed by atoms with Gasteiger partial charge in [-0.2, -0.15) is 0 Å². The molecule has 0 radical (unpaired) electrons. The maximum absolute atomic E-state index is 10.9. The normalized spacial score (nSPS) is 27.1. The van der Waals surface area contributed by atoms with E-state index in [1.165, 1.54) is 12.0 Å². The van der Waals surface area contributed by atoms with Crippen LogP contribution in [-0.2, 0) is 4.79 Å². The molecule has 1 N–H and O–H groups in total. The van der Waals surface area contributed by atoms with E-state index in [-0.39, 0.29) is 0 Å². The van der Waals surface area contributed by atoms with Crippen LogP contribution in [0.15, 0.2) is 11.1 Å². The smallest absolute Gasteiger partial charge is 0.331 e. The van der Waals surface area contributed by atoms with Gasteiger partial charge in [-0.3, -0.25) is 0 Å². The molecule has 1 atom stereocenters. The Morgan fingerprint density at radius 3 is 2.77 bits per heavy atom. The highest BCUT2D eigenvalue weighted by Crippen LogP contribution is 2.31. The Kier molecular flexibility index (Phi) is 3.52. The summed E-state index contributed by atoms with van der Waals surface area (Å²) in [4.78, 5) is 10.9. The van der Waals surface area contributed by atoms with E-state index in [0.717, 1.165) is 19.3 Å². The molecule has 74 valence electrons. The molecule has 0 heterocycles. The van der Waals surface area contributed by atoms with Gasteiger partial charge in [-0.25, -0.2) is 4.79 Å². The Morgan fingerprint density at radius 2 is 2.31 bits per heavy atom. The molecule has 2 nitrogen and oxygen atoms in total. The number of hydrogen-bond acceptors (Lipinski definition) is 1. The van der Waals surface area contributed by atoms with Gasteiger partial charge in [-0.05, 0) is 31.6 Å². The highest BCUT2D eigenvalue weighted by molar-refractivity contribution is 5.87. The molecule has 0 aromatic heterocycles. The molecule has 0 saturated heterocycles. The fourth-order valence-corrected chi connectivity index (χ4v) is 2.12. The van der Waals surface area contributed by atoms with Gasteiger partial charge in [0.1, 0.15) is 0 Å². The molecule has 1 saturated carbocycles. The molecule has 13 heavy (non-hydrogen) atoms. The lowest BCUT2D eigenvalue weighted by atomic mass is 9.84. The van der Waals surface area contributed by atoms with Crippen LogP contribution in [-0.4, -0.2) is 11.1 Å². The van der Waals surface area contributed by atoms with E-state index in [1.54, 1.807) is 0 Å². The maximum Gasteiger partial charge on any atom is 0.331 e. The fraction of sp³-hybridized carbons (Fsp3) is 0.727. The number of carboxylic acids is 1. The molecule has 1 aliphatic carbocycles. The zero-order chi connectivity index (χ0) is 9.84. The quantitative estimate of drug-likeness (QED) is 0.666. The van der Waals surface area contributed by atoms with Crippen molar-refractivity contribution in [2.45, 2.75) is 46.0 Å². The van der Waals surface area contributed by atoms with Crippen LogP contribution in [0, 0.1) is 5.92 Å². The molecule has 0 aromatic rings. The third kappa shape index (κ3) is 2.58. The molecule has 0 amide bonds. The summed E-state index contributed by atoms with van der Waals surface area (Å²) < 4.78 is 0. The molecule has 1 fully saturated rings. The van der Waals surface area contributed by atoms with Crippen LogP contribution in [0.1, 0.15) is 46.0 Å². The van der Waals surface area contributed by atoms with Gasteiger partial charge in [-0.1, -0.05) is 25.8 Å². The molecule has 1 unspecified atom stereocenters. The minimum absolute atomic E-state index is 0.659. The first-order chi connectivity index (χ1) is 6.15. The summed E-state index contributed by atoms with van der Waals surface area (Å²) in [5.74, 6) is -0.0451. The van der Waals surface area contributed by atoms with Gasteiger partial charge in [0, 0.05) is 5.57 Å². The Balaban J connectivity index is 2.80. The Labute approximate surface area is 79.6 Å². The fourth-order valence-electron chi connectivity index (χ4n) is 2.12. The maximum atomic E-state index is 10.9. The van der Waals surface area contributed by atoms with Gasteiger partial charge in [0.25, 0.3) is 0 Å². The lowest BCUT2D eigenvalue weighted by molar-refractivity contribution is -0.132. The van der Waals surface area contributed by atoms with Crippen molar-refractivity contribution in [3.8, 4) is 0 Å². The number of aliphatic carboxylic acids is 1.